The molecular weight excluding hydrogens is 268 g/mol. The summed E-state index contributed by atoms with van der Waals surface area (Å²) in [6, 6.07) is 4.10. The Hall–Kier alpha value is -0.870. The van der Waals surface area contributed by atoms with Gasteiger partial charge in [0.2, 0.25) is 0 Å². The van der Waals surface area contributed by atoms with Crippen LogP contribution >= 0.6 is 15.9 Å². The zero-order chi connectivity index (χ0) is 11.7. The highest BCUT2D eigenvalue weighted by Crippen LogP contribution is 2.22. The molecule has 1 N–H and O–H groups in total. The molecule has 0 spiro atoms. The molecule has 0 radical (unpaired) electrons. The molecule has 16 heavy (non-hydrogen) atoms. The van der Waals surface area contributed by atoms with Crippen LogP contribution in [0.2, 0.25) is 0 Å². The van der Waals surface area contributed by atoms with Crippen LogP contribution in [0.15, 0.2) is 16.6 Å². The topological polar surface area (TPSA) is 37.9 Å². The average Bonchev–Trinajstić information content (AvgIpc) is 2.57. The Kier molecular flexibility index (Phi) is 3.30. The molecule has 0 unspecified atom stereocenters. The third kappa shape index (κ3) is 2.44. The lowest BCUT2D eigenvalue weighted by Crippen LogP contribution is -2.03. The fourth-order valence-electron chi connectivity index (χ4n) is 1.61. The average molecular weight is 283 g/mol. The number of imidazole rings is 1. The van der Waals surface area contributed by atoms with Crippen molar-refractivity contribution in [2.45, 2.75) is 33.5 Å². The Morgan fingerprint density at radius 1 is 1.44 bits per heavy atom. The van der Waals surface area contributed by atoms with Crippen LogP contribution in [0, 0.1) is 6.92 Å². The fraction of sp³-hybridized carbons (Fsp3) is 0.417. The van der Waals surface area contributed by atoms with Crippen molar-refractivity contribution in [2.24, 2.45) is 0 Å². The van der Waals surface area contributed by atoms with E-state index in [0.717, 1.165) is 26.9 Å². The summed E-state index contributed by atoms with van der Waals surface area (Å²) in [5, 5.41) is 0. The first-order valence-electron chi connectivity index (χ1n) is 5.32. The van der Waals surface area contributed by atoms with Crippen LogP contribution in [0.5, 0.6) is 0 Å². The van der Waals surface area contributed by atoms with Crippen molar-refractivity contribution in [3.8, 4) is 0 Å². The molecular formula is C12H15BrN2O. The molecule has 0 saturated carbocycles. The number of H-pyrrole nitrogens is 1. The molecule has 3 nitrogen and oxygen atoms in total. The van der Waals surface area contributed by atoms with Gasteiger partial charge in [0.25, 0.3) is 0 Å². The maximum absolute atomic E-state index is 5.52. The molecule has 1 heterocycles. The Morgan fingerprint density at radius 2 is 2.19 bits per heavy atom. The Labute approximate surface area is 103 Å². The lowest BCUT2D eigenvalue weighted by atomic mass is 10.2. The van der Waals surface area contributed by atoms with Gasteiger partial charge in [0, 0.05) is 4.47 Å². The summed E-state index contributed by atoms with van der Waals surface area (Å²) >= 11 is 3.48. The summed E-state index contributed by atoms with van der Waals surface area (Å²) < 4.78 is 6.59. The first-order chi connectivity index (χ1) is 7.56. The van der Waals surface area contributed by atoms with Gasteiger partial charge in [-0.25, -0.2) is 4.98 Å². The van der Waals surface area contributed by atoms with Gasteiger partial charge in [0.1, 0.15) is 12.4 Å². The Bertz CT molecular complexity index is 505. The third-order valence-corrected chi connectivity index (χ3v) is 2.80. The van der Waals surface area contributed by atoms with Gasteiger partial charge in [-0.2, -0.15) is 0 Å². The minimum absolute atomic E-state index is 0.223. The van der Waals surface area contributed by atoms with Crippen LogP contribution in [0.1, 0.15) is 25.2 Å². The van der Waals surface area contributed by atoms with Crippen LogP contribution in [-0.2, 0) is 11.3 Å². The molecule has 0 atom stereocenters. The summed E-state index contributed by atoms with van der Waals surface area (Å²) in [6.45, 7) is 6.62. The number of hydrogen-bond acceptors (Lipinski definition) is 2. The molecule has 2 rings (SSSR count). The van der Waals surface area contributed by atoms with Gasteiger partial charge in [0.05, 0.1) is 17.1 Å². The molecule has 1 aromatic carbocycles. The molecule has 0 aliphatic carbocycles. The number of halogens is 1. The Balaban J connectivity index is 2.33. The number of rotatable bonds is 3. The lowest BCUT2D eigenvalue weighted by Gasteiger charge is -2.03. The number of aromatic amines is 1. The number of ether oxygens (including phenoxy) is 1. The van der Waals surface area contributed by atoms with Gasteiger partial charge >= 0.3 is 0 Å². The van der Waals surface area contributed by atoms with E-state index in [1.165, 1.54) is 0 Å². The third-order valence-electron chi connectivity index (χ3n) is 2.34. The van der Waals surface area contributed by atoms with Crippen molar-refractivity contribution in [3.63, 3.8) is 0 Å². The predicted octanol–water partition coefficient (Wildman–Crippen LogP) is 3.56. The second kappa shape index (κ2) is 4.55. The van der Waals surface area contributed by atoms with E-state index in [-0.39, 0.29) is 6.10 Å². The van der Waals surface area contributed by atoms with E-state index in [4.69, 9.17) is 4.74 Å². The van der Waals surface area contributed by atoms with E-state index in [9.17, 15) is 0 Å². The highest BCUT2D eigenvalue weighted by Gasteiger charge is 2.07. The van der Waals surface area contributed by atoms with Crippen molar-refractivity contribution in [1.29, 1.82) is 0 Å². The molecule has 0 amide bonds. The quantitative estimate of drug-likeness (QED) is 0.935. The summed E-state index contributed by atoms with van der Waals surface area (Å²) in [5.74, 6) is 0.880. The second-order valence-electron chi connectivity index (χ2n) is 4.16. The standard InChI is InChI=1S/C12H15BrN2O/c1-7(2)16-6-11-14-10-5-9(13)4-8(3)12(10)15-11/h4-5,7H,6H2,1-3H3,(H,14,15). The SMILES string of the molecule is Cc1cc(Br)cc2[nH]c(COC(C)C)nc12. The first kappa shape index (κ1) is 11.6. The molecule has 0 bridgehead atoms. The van der Waals surface area contributed by atoms with Crippen LogP contribution in [0.3, 0.4) is 0 Å². The zero-order valence-corrected chi connectivity index (χ0v) is 11.3. The van der Waals surface area contributed by atoms with E-state index >= 15 is 0 Å². The molecule has 0 aliphatic rings. The molecule has 86 valence electrons. The summed E-state index contributed by atoms with van der Waals surface area (Å²) in [6.07, 6.45) is 0.223. The maximum Gasteiger partial charge on any atom is 0.133 e. The zero-order valence-electron chi connectivity index (χ0n) is 9.67. The van der Waals surface area contributed by atoms with E-state index in [2.05, 4.69) is 38.9 Å². The van der Waals surface area contributed by atoms with Crippen molar-refractivity contribution < 1.29 is 4.74 Å². The number of nitrogens with zero attached hydrogens (tertiary/aromatic N) is 1. The van der Waals surface area contributed by atoms with Gasteiger partial charge in [-0.3, -0.25) is 0 Å². The van der Waals surface area contributed by atoms with E-state index in [0.29, 0.717) is 6.61 Å². The summed E-state index contributed by atoms with van der Waals surface area (Å²) in [4.78, 5) is 7.79. The highest BCUT2D eigenvalue weighted by atomic mass is 79.9. The van der Waals surface area contributed by atoms with Gasteiger partial charge < -0.3 is 9.72 Å². The van der Waals surface area contributed by atoms with E-state index in [1.807, 2.05) is 19.9 Å². The summed E-state index contributed by atoms with van der Waals surface area (Å²) in [7, 11) is 0. The number of nitrogens with one attached hydrogen (secondary N) is 1. The maximum atomic E-state index is 5.52. The largest absolute Gasteiger partial charge is 0.371 e. The van der Waals surface area contributed by atoms with Gasteiger partial charge in [-0.15, -0.1) is 0 Å². The minimum Gasteiger partial charge on any atom is -0.371 e. The van der Waals surface area contributed by atoms with Crippen molar-refractivity contribution >= 4 is 27.0 Å². The molecule has 4 heteroatoms. The lowest BCUT2D eigenvalue weighted by molar-refractivity contribution is 0.0618. The number of aromatic nitrogens is 2. The fourth-order valence-corrected chi connectivity index (χ4v) is 2.18. The number of aryl methyl sites for hydroxylation is 1. The number of benzene rings is 1. The molecule has 0 saturated heterocycles. The van der Waals surface area contributed by atoms with E-state index < -0.39 is 0 Å². The predicted molar refractivity (Wildman–Crippen MR) is 68.5 cm³/mol. The van der Waals surface area contributed by atoms with Crippen LogP contribution < -0.4 is 0 Å². The van der Waals surface area contributed by atoms with Crippen molar-refractivity contribution in [1.82, 2.24) is 9.97 Å². The van der Waals surface area contributed by atoms with Crippen LogP contribution in [0.25, 0.3) is 11.0 Å². The van der Waals surface area contributed by atoms with E-state index in [1.54, 1.807) is 0 Å². The van der Waals surface area contributed by atoms with Crippen molar-refractivity contribution in [2.75, 3.05) is 0 Å². The first-order valence-corrected chi connectivity index (χ1v) is 6.12. The smallest absolute Gasteiger partial charge is 0.133 e. The molecule has 0 aliphatic heterocycles. The minimum atomic E-state index is 0.223. The van der Waals surface area contributed by atoms with Crippen LogP contribution in [0.4, 0.5) is 0 Å². The second-order valence-corrected chi connectivity index (χ2v) is 5.08. The highest BCUT2D eigenvalue weighted by molar-refractivity contribution is 9.10. The molecule has 1 aromatic heterocycles. The summed E-state index contributed by atoms with van der Waals surface area (Å²) in [5.41, 5.74) is 3.23. The Morgan fingerprint density at radius 3 is 2.88 bits per heavy atom. The number of hydrogen-bond donors (Lipinski definition) is 1. The number of fused-ring (bicyclic) bond motifs is 1. The molecule has 2 aromatic rings. The van der Waals surface area contributed by atoms with Gasteiger partial charge in [-0.1, -0.05) is 15.9 Å². The normalized spacial score (nSPS) is 11.6. The molecule has 0 fully saturated rings. The van der Waals surface area contributed by atoms with Gasteiger partial charge in [-0.05, 0) is 38.5 Å². The monoisotopic (exact) mass is 282 g/mol. The van der Waals surface area contributed by atoms with Crippen molar-refractivity contribution in [3.05, 3.63) is 28.0 Å². The van der Waals surface area contributed by atoms with Crippen LogP contribution in [-0.4, -0.2) is 16.1 Å². The van der Waals surface area contributed by atoms with Gasteiger partial charge in [0.15, 0.2) is 0 Å².